The molecule has 0 saturated carbocycles. The lowest BCUT2D eigenvalue weighted by molar-refractivity contribution is -0.123. The molecule has 0 spiro atoms. The molecule has 0 aliphatic carbocycles. The zero-order valence-corrected chi connectivity index (χ0v) is 10.2. The molecule has 0 fully saturated rings. The van der Waals surface area contributed by atoms with Gasteiger partial charge < -0.3 is 15.0 Å². The van der Waals surface area contributed by atoms with E-state index in [1.54, 1.807) is 6.33 Å². The summed E-state index contributed by atoms with van der Waals surface area (Å²) < 4.78 is 4.98. The summed E-state index contributed by atoms with van der Waals surface area (Å²) in [5.41, 5.74) is 2.04. The molecule has 0 radical (unpaired) electrons. The minimum absolute atomic E-state index is 0.0160. The highest BCUT2D eigenvalue weighted by Crippen LogP contribution is 2.11. The Morgan fingerprint density at radius 1 is 1.72 bits per heavy atom. The molecule has 1 aromatic rings. The molecule has 2 heterocycles. The van der Waals surface area contributed by atoms with Gasteiger partial charge in [0.05, 0.1) is 36.6 Å². The summed E-state index contributed by atoms with van der Waals surface area (Å²) in [4.78, 5) is 19.1. The molecule has 0 bridgehead atoms. The van der Waals surface area contributed by atoms with Gasteiger partial charge in [-0.2, -0.15) is 0 Å². The number of hydrogen-bond acceptors (Lipinski definition) is 4. The fourth-order valence-electron chi connectivity index (χ4n) is 1.93. The molecular formula is C12H18N4O2. The van der Waals surface area contributed by atoms with E-state index in [1.807, 2.05) is 0 Å². The van der Waals surface area contributed by atoms with Crippen molar-refractivity contribution in [2.24, 2.45) is 0 Å². The molecule has 1 atom stereocenters. The standard InChI is InChI=1S/C12H18N4O2/c1-2-18-5-3-4-13-12(17)10-6-9-11(7-14-10)16-8-15-9/h2,8,10,14H,1,3-7H2,(H,13,17)(H,15,16). The SMILES string of the molecule is C=COCCCNC(=O)C1Cc2nc[nH]c2CN1. The average molecular weight is 250 g/mol. The van der Waals surface area contributed by atoms with Crippen LogP contribution in [0.5, 0.6) is 0 Å². The highest BCUT2D eigenvalue weighted by Gasteiger charge is 2.25. The fraction of sp³-hybridized carbons (Fsp3) is 0.500. The minimum atomic E-state index is -0.193. The number of aromatic amines is 1. The van der Waals surface area contributed by atoms with Crippen LogP contribution in [-0.4, -0.2) is 35.1 Å². The molecule has 6 heteroatoms. The predicted molar refractivity (Wildman–Crippen MR) is 66.7 cm³/mol. The molecule has 1 aliphatic rings. The van der Waals surface area contributed by atoms with Crippen LogP contribution in [0.15, 0.2) is 19.2 Å². The van der Waals surface area contributed by atoms with Crippen molar-refractivity contribution in [2.45, 2.75) is 25.4 Å². The summed E-state index contributed by atoms with van der Waals surface area (Å²) >= 11 is 0. The number of carbonyl (C=O) groups excluding carboxylic acids is 1. The van der Waals surface area contributed by atoms with Crippen molar-refractivity contribution in [1.29, 1.82) is 0 Å². The Labute approximate surface area is 106 Å². The van der Waals surface area contributed by atoms with E-state index < -0.39 is 0 Å². The summed E-state index contributed by atoms with van der Waals surface area (Å²) in [6, 6.07) is -0.193. The van der Waals surface area contributed by atoms with Gasteiger partial charge in [0.2, 0.25) is 5.91 Å². The summed E-state index contributed by atoms with van der Waals surface area (Å²) in [7, 11) is 0. The van der Waals surface area contributed by atoms with E-state index >= 15 is 0 Å². The number of hydrogen-bond donors (Lipinski definition) is 3. The third-order valence-electron chi connectivity index (χ3n) is 2.90. The van der Waals surface area contributed by atoms with Crippen LogP contribution in [0.3, 0.4) is 0 Å². The van der Waals surface area contributed by atoms with E-state index in [1.165, 1.54) is 6.26 Å². The molecule has 1 aliphatic heterocycles. The number of ether oxygens (including phenoxy) is 1. The van der Waals surface area contributed by atoms with Crippen LogP contribution < -0.4 is 10.6 Å². The van der Waals surface area contributed by atoms with Gasteiger partial charge in [0.15, 0.2) is 0 Å². The van der Waals surface area contributed by atoms with Crippen LogP contribution in [0, 0.1) is 0 Å². The van der Waals surface area contributed by atoms with Crippen LogP contribution in [0.1, 0.15) is 17.8 Å². The van der Waals surface area contributed by atoms with E-state index in [2.05, 4.69) is 27.2 Å². The van der Waals surface area contributed by atoms with Gasteiger partial charge in [-0.15, -0.1) is 0 Å². The normalized spacial score (nSPS) is 17.9. The van der Waals surface area contributed by atoms with Gasteiger partial charge in [0, 0.05) is 19.5 Å². The van der Waals surface area contributed by atoms with Crippen molar-refractivity contribution in [3.8, 4) is 0 Å². The summed E-state index contributed by atoms with van der Waals surface area (Å²) in [6.45, 7) is 5.30. The maximum atomic E-state index is 11.9. The first-order chi connectivity index (χ1) is 8.81. The summed E-state index contributed by atoms with van der Waals surface area (Å²) in [6.07, 6.45) is 4.48. The summed E-state index contributed by atoms with van der Waals surface area (Å²) in [5, 5.41) is 6.06. The smallest absolute Gasteiger partial charge is 0.237 e. The first-order valence-corrected chi connectivity index (χ1v) is 6.06. The van der Waals surface area contributed by atoms with Gasteiger partial charge in [-0.05, 0) is 6.42 Å². The molecule has 1 unspecified atom stereocenters. The molecule has 98 valence electrons. The molecule has 0 saturated heterocycles. The van der Waals surface area contributed by atoms with E-state index in [0.29, 0.717) is 26.1 Å². The third kappa shape index (κ3) is 3.10. The van der Waals surface area contributed by atoms with Gasteiger partial charge in [-0.3, -0.25) is 10.1 Å². The second-order valence-corrected chi connectivity index (χ2v) is 4.15. The number of nitrogens with one attached hydrogen (secondary N) is 3. The number of imidazole rings is 1. The van der Waals surface area contributed by atoms with E-state index in [-0.39, 0.29) is 11.9 Å². The quantitative estimate of drug-likeness (QED) is 0.494. The van der Waals surface area contributed by atoms with Gasteiger partial charge in [-0.1, -0.05) is 6.58 Å². The molecule has 1 aromatic heterocycles. The highest BCUT2D eigenvalue weighted by molar-refractivity contribution is 5.82. The Balaban J connectivity index is 1.72. The number of rotatable bonds is 6. The zero-order chi connectivity index (χ0) is 12.8. The monoisotopic (exact) mass is 250 g/mol. The maximum Gasteiger partial charge on any atom is 0.237 e. The lowest BCUT2D eigenvalue weighted by atomic mass is 10.0. The number of carbonyl (C=O) groups is 1. The number of nitrogens with zero attached hydrogens (tertiary/aromatic N) is 1. The van der Waals surface area contributed by atoms with Gasteiger partial charge in [-0.25, -0.2) is 4.98 Å². The molecule has 3 N–H and O–H groups in total. The largest absolute Gasteiger partial charge is 0.502 e. The van der Waals surface area contributed by atoms with Crippen LogP contribution in [0.2, 0.25) is 0 Å². The number of fused-ring (bicyclic) bond motifs is 1. The van der Waals surface area contributed by atoms with Crippen molar-refractivity contribution in [1.82, 2.24) is 20.6 Å². The lowest BCUT2D eigenvalue weighted by Crippen LogP contribution is -2.48. The van der Waals surface area contributed by atoms with Crippen LogP contribution in [0.25, 0.3) is 0 Å². The average Bonchev–Trinajstić information content (AvgIpc) is 2.85. The Bertz CT molecular complexity index is 416. The van der Waals surface area contributed by atoms with Crippen LogP contribution in [0.4, 0.5) is 0 Å². The van der Waals surface area contributed by atoms with E-state index in [4.69, 9.17) is 4.74 Å². The van der Waals surface area contributed by atoms with Crippen LogP contribution in [-0.2, 0) is 22.5 Å². The lowest BCUT2D eigenvalue weighted by Gasteiger charge is -2.22. The fourth-order valence-corrected chi connectivity index (χ4v) is 1.93. The molecule has 6 nitrogen and oxygen atoms in total. The second kappa shape index (κ2) is 6.20. The number of H-pyrrole nitrogens is 1. The van der Waals surface area contributed by atoms with Crippen molar-refractivity contribution in [2.75, 3.05) is 13.2 Å². The van der Waals surface area contributed by atoms with Gasteiger partial charge >= 0.3 is 0 Å². The Morgan fingerprint density at radius 2 is 2.61 bits per heavy atom. The number of aromatic nitrogens is 2. The second-order valence-electron chi connectivity index (χ2n) is 4.15. The number of amides is 1. The highest BCUT2D eigenvalue weighted by atomic mass is 16.5. The molecule has 18 heavy (non-hydrogen) atoms. The Hall–Kier alpha value is -1.82. The zero-order valence-electron chi connectivity index (χ0n) is 10.2. The summed E-state index contributed by atoms with van der Waals surface area (Å²) in [5.74, 6) is 0.0160. The molecule has 2 rings (SSSR count). The minimum Gasteiger partial charge on any atom is -0.502 e. The van der Waals surface area contributed by atoms with Crippen molar-refractivity contribution < 1.29 is 9.53 Å². The van der Waals surface area contributed by atoms with Gasteiger partial charge in [0.1, 0.15) is 0 Å². The topological polar surface area (TPSA) is 79.0 Å². The van der Waals surface area contributed by atoms with Crippen molar-refractivity contribution >= 4 is 5.91 Å². The van der Waals surface area contributed by atoms with Crippen molar-refractivity contribution in [3.63, 3.8) is 0 Å². The first-order valence-electron chi connectivity index (χ1n) is 6.06. The van der Waals surface area contributed by atoms with E-state index in [0.717, 1.165) is 17.8 Å². The van der Waals surface area contributed by atoms with E-state index in [9.17, 15) is 4.79 Å². The molecular weight excluding hydrogens is 232 g/mol. The Kier molecular flexibility index (Phi) is 4.35. The van der Waals surface area contributed by atoms with Crippen molar-refractivity contribution in [3.05, 3.63) is 30.6 Å². The maximum absolute atomic E-state index is 11.9. The first kappa shape index (κ1) is 12.6. The third-order valence-corrected chi connectivity index (χ3v) is 2.90. The molecule has 0 aromatic carbocycles. The Morgan fingerprint density at radius 3 is 3.44 bits per heavy atom. The van der Waals surface area contributed by atoms with Gasteiger partial charge in [0.25, 0.3) is 0 Å². The molecule has 1 amide bonds. The predicted octanol–water partition coefficient (Wildman–Crippen LogP) is 0.0904. The van der Waals surface area contributed by atoms with Crippen LogP contribution >= 0.6 is 0 Å².